The number of nitrogens with one attached hydrogen (secondary N) is 6. The van der Waals surface area contributed by atoms with Gasteiger partial charge < -0.3 is 66.3 Å². The third kappa shape index (κ3) is 31.8. The Morgan fingerprint density at radius 1 is 0.347 bits per heavy atom. The zero-order valence-corrected chi connectivity index (χ0v) is 64.3. The molecule has 26 nitrogen and oxygen atoms in total. The van der Waals surface area contributed by atoms with Crippen LogP contribution in [-0.4, -0.2) is 96.1 Å². The van der Waals surface area contributed by atoms with Crippen molar-refractivity contribution in [2.45, 2.75) is 234 Å². The maximum atomic E-state index is 12.9. The molecular weight excluding hydrogens is 1350 g/mol. The molecule has 0 aliphatic rings. The number of nitrogen functional groups attached to an aromatic ring is 6. The summed E-state index contributed by atoms with van der Waals surface area (Å²) in [4.78, 5) is 45.6. The van der Waals surface area contributed by atoms with E-state index < -0.39 is 23.5 Å². The minimum Gasteiger partial charge on any atom is -0.368 e. The van der Waals surface area contributed by atoms with E-state index in [1.807, 2.05) is 61.5 Å². The Labute approximate surface area is 602 Å². The maximum absolute atomic E-state index is 12.9. The lowest BCUT2D eigenvalue weighted by Gasteiger charge is -2.31. The summed E-state index contributed by atoms with van der Waals surface area (Å²) in [6.45, 7) is 49.4. The second-order valence-electron chi connectivity index (χ2n) is 30.1. The van der Waals surface area contributed by atoms with E-state index in [1.165, 1.54) is 24.8 Å². The minimum atomic E-state index is -4.51. The first kappa shape index (κ1) is 90.2. The van der Waals surface area contributed by atoms with Gasteiger partial charge in [-0.05, 0) is 72.5 Å². The van der Waals surface area contributed by atoms with Crippen molar-refractivity contribution in [3.63, 3.8) is 0 Å². The molecule has 0 saturated carbocycles. The van der Waals surface area contributed by atoms with Crippen LogP contribution in [0.15, 0.2) is 37.2 Å². The Morgan fingerprint density at radius 2 is 0.554 bits per heavy atom. The molecule has 0 aromatic carbocycles. The molecule has 0 spiro atoms. The van der Waals surface area contributed by atoms with E-state index >= 15 is 0 Å². The summed E-state index contributed by atoms with van der Waals surface area (Å²) < 4.78 is 76.9. The lowest BCUT2D eigenvalue weighted by atomic mass is 9.85. The number of halogens is 8. The average Bonchev–Trinajstić information content (AvgIpc) is 0.819. The standard InChI is InChI=1S/C12H19F3N4.C12H19N5.C11H19ClN4.C11H17F3N4.C11H17N5.C10H17ClN4/c1-5-8(11(2,3)4)18-9-7(12(13,14)15)6-17-10(16)19-9;1-5-9(12(2,3)4)16-10-8(6-13)7-15-11(14)17-10;1-5-8(11(2,3)4)15-9-7(12)6-14-10(13)16-9;1-6(10(2,3)4)17-8-7(11(12,13)14)5-16-9(15)18-8;1-7(11(2,3)4)15-9-8(5-12)6-14-10(13)16-9;1-6(10(2,3)4)14-8-7(11)5-13-9(12)15-8/h6,8H,5H2,1-4H3,(H3,16,17,18,19);7,9H,5H2,1-4H3,(H3,14,15,16,17);6,8H,5H2,1-4H3,(H3,13,14,15,16);5-6H,1-4H3,(H3,15,16,17,18);6-7H,1-4H3,(H3,13,14,15,16);5-6H,1-4H3,(H3,12,13,14,15)/t8-;9-;8-;6-;7-;6-/m111111/s1. The van der Waals surface area contributed by atoms with Gasteiger partial charge in [0.05, 0.1) is 24.8 Å². The Balaban J connectivity index is 0.000000607. The van der Waals surface area contributed by atoms with Gasteiger partial charge in [0.1, 0.15) is 67.7 Å². The van der Waals surface area contributed by atoms with E-state index in [2.05, 4.69) is 202 Å². The molecular formula is C67H108Cl2F6N26. The molecule has 101 heavy (non-hydrogen) atoms. The third-order valence-electron chi connectivity index (χ3n) is 15.9. The smallest absolute Gasteiger partial charge is 0.368 e. The van der Waals surface area contributed by atoms with Gasteiger partial charge in [-0.1, -0.05) is 169 Å². The number of anilines is 12. The Morgan fingerprint density at radius 3 is 0.822 bits per heavy atom. The summed E-state index contributed by atoms with van der Waals surface area (Å²) in [7, 11) is 0. The first-order valence-electron chi connectivity index (χ1n) is 32.5. The fourth-order valence-corrected chi connectivity index (χ4v) is 8.41. The number of nitrogens with zero attached hydrogens (tertiary/aromatic N) is 14. The van der Waals surface area contributed by atoms with E-state index in [0.29, 0.717) is 69.3 Å². The number of alkyl halides is 6. The fraction of sp³-hybridized carbons (Fsp3) is 0.612. The van der Waals surface area contributed by atoms with Gasteiger partial charge in [0.25, 0.3) is 0 Å². The van der Waals surface area contributed by atoms with E-state index in [4.69, 9.17) is 68.1 Å². The highest BCUT2D eigenvalue weighted by atomic mass is 35.5. The van der Waals surface area contributed by atoms with E-state index in [-0.39, 0.29) is 110 Å². The van der Waals surface area contributed by atoms with Crippen LogP contribution < -0.4 is 66.3 Å². The van der Waals surface area contributed by atoms with Crippen LogP contribution in [0.25, 0.3) is 0 Å². The van der Waals surface area contributed by atoms with Crippen LogP contribution in [0.3, 0.4) is 0 Å². The van der Waals surface area contributed by atoms with Gasteiger partial charge in [0.15, 0.2) is 11.6 Å². The van der Waals surface area contributed by atoms with E-state index in [0.717, 1.165) is 12.8 Å². The molecule has 562 valence electrons. The number of nitriles is 2. The third-order valence-corrected chi connectivity index (χ3v) is 16.4. The normalized spacial score (nSPS) is 13.6. The van der Waals surface area contributed by atoms with Crippen LogP contribution in [0.2, 0.25) is 10.0 Å². The number of hydrogen-bond acceptors (Lipinski definition) is 26. The van der Waals surface area contributed by atoms with Crippen molar-refractivity contribution in [1.29, 1.82) is 10.5 Å². The highest BCUT2D eigenvalue weighted by molar-refractivity contribution is 6.33. The molecule has 0 fully saturated rings. The van der Waals surface area contributed by atoms with Crippen molar-refractivity contribution in [3.05, 3.63) is 69.5 Å². The van der Waals surface area contributed by atoms with Crippen LogP contribution in [-0.2, 0) is 12.4 Å². The number of aromatic nitrogens is 12. The molecule has 6 heterocycles. The molecule has 6 rings (SSSR count). The van der Waals surface area contributed by atoms with Crippen molar-refractivity contribution in [2.24, 2.45) is 32.5 Å². The summed E-state index contributed by atoms with van der Waals surface area (Å²) in [5, 5.41) is 37.5. The summed E-state index contributed by atoms with van der Waals surface area (Å²) >= 11 is 12.0. The lowest BCUT2D eigenvalue weighted by molar-refractivity contribution is -0.138. The van der Waals surface area contributed by atoms with Crippen LogP contribution in [0.1, 0.15) is 208 Å². The van der Waals surface area contributed by atoms with Crippen molar-refractivity contribution in [1.82, 2.24) is 59.8 Å². The van der Waals surface area contributed by atoms with Crippen molar-refractivity contribution in [2.75, 3.05) is 66.3 Å². The maximum Gasteiger partial charge on any atom is 0.421 e. The second kappa shape index (κ2) is 37.8. The first-order chi connectivity index (χ1) is 45.9. The molecule has 0 radical (unpaired) electrons. The van der Waals surface area contributed by atoms with Crippen LogP contribution >= 0.6 is 23.2 Å². The summed E-state index contributed by atoms with van der Waals surface area (Å²) in [5.41, 5.74) is 31.8. The number of nitrogens with two attached hydrogens (primary N) is 6. The van der Waals surface area contributed by atoms with Crippen LogP contribution in [0.5, 0.6) is 0 Å². The quantitative estimate of drug-likeness (QED) is 0.0425. The monoisotopic (exact) mass is 1460 g/mol. The van der Waals surface area contributed by atoms with Gasteiger partial charge >= 0.3 is 12.4 Å². The molecule has 0 amide bonds. The van der Waals surface area contributed by atoms with Crippen LogP contribution in [0.4, 0.5) is 96.9 Å². The van der Waals surface area contributed by atoms with Gasteiger partial charge in [0, 0.05) is 48.6 Å². The predicted molar refractivity (Wildman–Crippen MR) is 397 cm³/mol. The molecule has 0 aliphatic carbocycles. The number of rotatable bonds is 15. The minimum absolute atomic E-state index is 0.0758. The Hall–Kier alpha value is -8.78. The average molecular weight is 1460 g/mol. The second-order valence-corrected chi connectivity index (χ2v) is 31.0. The highest BCUT2D eigenvalue weighted by Gasteiger charge is 2.38. The molecule has 0 unspecified atom stereocenters. The SMILES string of the molecule is CC[C@@H](Nc1nc(N)ncc1C#N)C(C)(C)C.CC[C@@H](Nc1nc(N)ncc1C(F)(F)F)C(C)(C)C.CC[C@@H](Nc1nc(N)ncc1Cl)C(C)(C)C.C[C@@H](Nc1nc(N)ncc1C#N)C(C)(C)C.C[C@@H](Nc1nc(N)ncc1C(F)(F)F)C(C)(C)C.C[C@@H](Nc1nc(N)ncc1Cl)C(C)(C)C. The molecule has 34 heteroatoms. The zero-order valence-electron chi connectivity index (χ0n) is 62.8. The fourth-order valence-electron chi connectivity index (χ4n) is 8.12. The first-order valence-corrected chi connectivity index (χ1v) is 33.3. The molecule has 0 bridgehead atoms. The van der Waals surface area contributed by atoms with E-state index in [9.17, 15) is 26.3 Å². The van der Waals surface area contributed by atoms with Crippen molar-refractivity contribution in [3.8, 4) is 12.1 Å². The lowest BCUT2D eigenvalue weighted by Crippen LogP contribution is -2.34. The molecule has 6 atom stereocenters. The van der Waals surface area contributed by atoms with Crippen molar-refractivity contribution < 1.29 is 26.3 Å². The summed E-state index contributed by atoms with van der Waals surface area (Å²) in [5.74, 6) is 2.10. The molecule has 0 aliphatic heterocycles. The predicted octanol–water partition coefficient (Wildman–Crippen LogP) is 15.7. The van der Waals surface area contributed by atoms with Gasteiger partial charge in [-0.2, -0.15) is 66.8 Å². The van der Waals surface area contributed by atoms with Crippen molar-refractivity contribution >= 4 is 93.8 Å². The largest absolute Gasteiger partial charge is 0.421 e. The van der Waals surface area contributed by atoms with Gasteiger partial charge in [-0.3, -0.25) is 0 Å². The number of hydrogen-bond donors (Lipinski definition) is 12. The Kier molecular flexibility index (Phi) is 33.7. The highest BCUT2D eigenvalue weighted by Crippen LogP contribution is 2.38. The van der Waals surface area contributed by atoms with Gasteiger partial charge in [-0.15, -0.1) is 0 Å². The molecule has 6 aromatic heterocycles. The molecule has 18 N–H and O–H groups in total. The molecule has 0 saturated heterocycles. The summed E-state index contributed by atoms with van der Waals surface area (Å²) in [6.07, 6.45) is 0.885. The van der Waals surface area contributed by atoms with Crippen LogP contribution in [0, 0.1) is 55.2 Å². The summed E-state index contributed by atoms with van der Waals surface area (Å²) in [6, 6.07) is 4.68. The van der Waals surface area contributed by atoms with E-state index in [1.54, 1.807) is 6.92 Å². The van der Waals surface area contributed by atoms with Gasteiger partial charge in [-0.25, -0.2) is 29.9 Å². The molecule has 6 aromatic rings. The Bertz CT molecular complexity index is 3640. The zero-order chi connectivity index (χ0) is 78.4. The topological polar surface area (TPSA) is 431 Å². The van der Waals surface area contributed by atoms with Gasteiger partial charge in [0.2, 0.25) is 35.7 Å².